The molecule has 0 aliphatic carbocycles. The largest absolute Gasteiger partial charge is 0.338 e. The summed E-state index contributed by atoms with van der Waals surface area (Å²) in [5.74, 6) is 0.200. The molecule has 0 saturated carbocycles. The van der Waals surface area contributed by atoms with Crippen molar-refractivity contribution in [1.82, 2.24) is 10.2 Å². The summed E-state index contributed by atoms with van der Waals surface area (Å²) in [5, 5.41) is 3.70. The number of alkyl halides is 1. The number of hydrogen-bond donors (Lipinski definition) is 1. The molecule has 0 aromatic rings. The quantitative estimate of drug-likeness (QED) is 0.726. The Balaban J connectivity index is 2.48. The summed E-state index contributed by atoms with van der Waals surface area (Å²) in [7, 11) is 0. The van der Waals surface area contributed by atoms with Crippen LogP contribution in [0.5, 0.6) is 0 Å². The molecule has 1 heterocycles. The van der Waals surface area contributed by atoms with Gasteiger partial charge < -0.3 is 10.2 Å². The molecule has 0 bridgehead atoms. The summed E-state index contributed by atoms with van der Waals surface area (Å²) >= 11 is 3.19. The first kappa shape index (κ1) is 9.99. The Morgan fingerprint density at radius 3 is 2.92 bits per heavy atom. The van der Waals surface area contributed by atoms with Gasteiger partial charge in [-0.25, -0.2) is 0 Å². The van der Waals surface area contributed by atoms with Crippen LogP contribution in [0.4, 0.5) is 0 Å². The van der Waals surface area contributed by atoms with E-state index >= 15 is 0 Å². The van der Waals surface area contributed by atoms with Gasteiger partial charge in [-0.1, -0.05) is 15.9 Å². The Bertz CT molecular complexity index is 157. The van der Waals surface area contributed by atoms with Crippen LogP contribution in [0, 0.1) is 0 Å². The Morgan fingerprint density at radius 2 is 2.50 bits per heavy atom. The summed E-state index contributed by atoms with van der Waals surface area (Å²) < 4.78 is 0. The topological polar surface area (TPSA) is 32.3 Å². The van der Waals surface area contributed by atoms with Crippen LogP contribution in [0.2, 0.25) is 0 Å². The van der Waals surface area contributed by atoms with Gasteiger partial charge in [-0.15, -0.1) is 0 Å². The molecule has 1 rings (SSSR count). The zero-order valence-corrected chi connectivity index (χ0v) is 8.93. The fourth-order valence-electron chi connectivity index (χ4n) is 1.62. The maximum absolute atomic E-state index is 11.4. The van der Waals surface area contributed by atoms with Crippen molar-refractivity contribution in [2.45, 2.75) is 19.4 Å². The number of halogens is 1. The van der Waals surface area contributed by atoms with E-state index in [0.717, 1.165) is 26.1 Å². The van der Waals surface area contributed by atoms with Crippen LogP contribution in [0.1, 0.15) is 13.3 Å². The Hall–Kier alpha value is -0.0900. The second-order valence-corrected chi connectivity index (χ2v) is 3.52. The van der Waals surface area contributed by atoms with E-state index in [-0.39, 0.29) is 5.91 Å². The molecule has 4 heteroatoms. The van der Waals surface area contributed by atoms with Gasteiger partial charge in [0.25, 0.3) is 0 Å². The van der Waals surface area contributed by atoms with Gasteiger partial charge in [0.2, 0.25) is 5.91 Å². The Kier molecular flexibility index (Phi) is 4.01. The molecule has 0 aromatic heterocycles. The summed E-state index contributed by atoms with van der Waals surface area (Å²) in [6.07, 6.45) is 1.09. The maximum atomic E-state index is 11.4. The SMILES string of the molecule is CCN(C(=O)CBr)C1CCNC1. The van der Waals surface area contributed by atoms with Crippen LogP contribution in [-0.4, -0.2) is 41.8 Å². The number of nitrogens with one attached hydrogen (secondary N) is 1. The molecular weight excluding hydrogens is 220 g/mol. The predicted octanol–water partition coefficient (Wildman–Crippen LogP) is 0.592. The lowest BCUT2D eigenvalue weighted by Gasteiger charge is -2.26. The first-order valence-corrected chi connectivity index (χ1v) is 5.48. The van der Waals surface area contributed by atoms with Gasteiger partial charge in [-0.2, -0.15) is 0 Å². The number of nitrogens with zero attached hydrogens (tertiary/aromatic N) is 1. The number of carbonyl (C=O) groups excluding carboxylic acids is 1. The van der Waals surface area contributed by atoms with Gasteiger partial charge >= 0.3 is 0 Å². The minimum absolute atomic E-state index is 0.200. The van der Waals surface area contributed by atoms with Crippen molar-refractivity contribution in [2.75, 3.05) is 25.0 Å². The van der Waals surface area contributed by atoms with Gasteiger partial charge in [0.1, 0.15) is 0 Å². The van der Waals surface area contributed by atoms with Crippen molar-refractivity contribution in [3.63, 3.8) is 0 Å². The van der Waals surface area contributed by atoms with Gasteiger partial charge in [0.15, 0.2) is 0 Å². The molecule has 1 unspecified atom stereocenters. The zero-order chi connectivity index (χ0) is 8.97. The molecule has 0 spiro atoms. The first-order valence-electron chi connectivity index (χ1n) is 4.35. The van der Waals surface area contributed by atoms with E-state index < -0.39 is 0 Å². The van der Waals surface area contributed by atoms with E-state index in [1.807, 2.05) is 11.8 Å². The number of rotatable bonds is 3. The zero-order valence-electron chi connectivity index (χ0n) is 7.35. The summed E-state index contributed by atoms with van der Waals surface area (Å²) in [4.78, 5) is 13.3. The van der Waals surface area contributed by atoms with Gasteiger partial charge in [0.05, 0.1) is 5.33 Å². The molecule has 1 N–H and O–H groups in total. The van der Waals surface area contributed by atoms with Crippen LogP contribution >= 0.6 is 15.9 Å². The molecule has 1 aliphatic heterocycles. The Labute approximate surface area is 81.6 Å². The smallest absolute Gasteiger partial charge is 0.233 e. The van der Waals surface area contributed by atoms with Crippen molar-refractivity contribution in [2.24, 2.45) is 0 Å². The van der Waals surface area contributed by atoms with Crippen LogP contribution < -0.4 is 5.32 Å². The highest BCUT2D eigenvalue weighted by atomic mass is 79.9. The number of hydrogen-bond acceptors (Lipinski definition) is 2. The first-order chi connectivity index (χ1) is 5.79. The minimum Gasteiger partial charge on any atom is -0.338 e. The van der Waals surface area contributed by atoms with Crippen LogP contribution in [0.3, 0.4) is 0 Å². The van der Waals surface area contributed by atoms with Crippen LogP contribution in [0.15, 0.2) is 0 Å². The second-order valence-electron chi connectivity index (χ2n) is 2.96. The van der Waals surface area contributed by atoms with E-state index in [2.05, 4.69) is 21.2 Å². The lowest BCUT2D eigenvalue weighted by atomic mass is 10.2. The third-order valence-electron chi connectivity index (χ3n) is 2.25. The molecule has 1 fully saturated rings. The minimum atomic E-state index is 0.200. The highest BCUT2D eigenvalue weighted by Gasteiger charge is 2.23. The molecule has 70 valence electrons. The molecule has 0 aromatic carbocycles. The molecule has 3 nitrogen and oxygen atoms in total. The molecule has 1 aliphatic rings. The normalized spacial score (nSPS) is 22.7. The van der Waals surface area contributed by atoms with Gasteiger partial charge in [-0.05, 0) is 19.9 Å². The van der Waals surface area contributed by atoms with Crippen molar-refractivity contribution in [3.8, 4) is 0 Å². The lowest BCUT2D eigenvalue weighted by Crippen LogP contribution is -2.41. The highest BCUT2D eigenvalue weighted by Crippen LogP contribution is 2.08. The summed E-state index contributed by atoms with van der Waals surface area (Å²) in [6.45, 7) is 4.83. The lowest BCUT2D eigenvalue weighted by molar-refractivity contribution is -0.129. The van der Waals surface area contributed by atoms with Crippen LogP contribution in [-0.2, 0) is 4.79 Å². The molecular formula is C8H15BrN2O. The van der Waals surface area contributed by atoms with Crippen molar-refractivity contribution in [1.29, 1.82) is 0 Å². The van der Waals surface area contributed by atoms with Crippen molar-refractivity contribution >= 4 is 21.8 Å². The monoisotopic (exact) mass is 234 g/mol. The third-order valence-corrected chi connectivity index (χ3v) is 2.73. The molecule has 1 saturated heterocycles. The Morgan fingerprint density at radius 1 is 1.75 bits per heavy atom. The molecule has 1 atom stereocenters. The molecule has 1 amide bonds. The number of likely N-dealkylation sites (N-methyl/N-ethyl adjacent to an activating group) is 1. The van der Waals surface area contributed by atoms with Gasteiger partial charge in [-0.3, -0.25) is 4.79 Å². The summed E-state index contributed by atoms with van der Waals surface area (Å²) in [5.41, 5.74) is 0. The molecule has 12 heavy (non-hydrogen) atoms. The van der Waals surface area contributed by atoms with E-state index in [9.17, 15) is 4.79 Å². The number of carbonyl (C=O) groups is 1. The van der Waals surface area contributed by atoms with E-state index in [1.165, 1.54) is 0 Å². The van der Waals surface area contributed by atoms with Crippen LogP contribution in [0.25, 0.3) is 0 Å². The average molecular weight is 235 g/mol. The van der Waals surface area contributed by atoms with Crippen molar-refractivity contribution in [3.05, 3.63) is 0 Å². The van der Waals surface area contributed by atoms with Gasteiger partial charge in [0, 0.05) is 19.1 Å². The third kappa shape index (κ3) is 2.20. The molecule has 0 radical (unpaired) electrons. The fourth-order valence-corrected chi connectivity index (χ4v) is 1.94. The van der Waals surface area contributed by atoms with E-state index in [1.54, 1.807) is 0 Å². The average Bonchev–Trinajstić information content (AvgIpc) is 2.58. The van der Waals surface area contributed by atoms with E-state index in [4.69, 9.17) is 0 Å². The second kappa shape index (κ2) is 4.82. The highest BCUT2D eigenvalue weighted by molar-refractivity contribution is 9.09. The van der Waals surface area contributed by atoms with Crippen molar-refractivity contribution < 1.29 is 4.79 Å². The number of amides is 1. The fraction of sp³-hybridized carbons (Fsp3) is 0.875. The standard InChI is InChI=1S/C8H15BrN2O/c1-2-11(8(12)5-9)7-3-4-10-6-7/h7,10H,2-6H2,1H3. The predicted molar refractivity (Wildman–Crippen MR) is 52.5 cm³/mol. The maximum Gasteiger partial charge on any atom is 0.233 e. The van der Waals surface area contributed by atoms with E-state index in [0.29, 0.717) is 11.4 Å². The summed E-state index contributed by atoms with van der Waals surface area (Å²) in [6, 6.07) is 0.417.